The van der Waals surface area contributed by atoms with Gasteiger partial charge in [-0.3, -0.25) is 4.90 Å². The maximum Gasteiger partial charge on any atom is 0.120 e. The predicted octanol–water partition coefficient (Wildman–Crippen LogP) is 3.71. The lowest BCUT2D eigenvalue weighted by atomic mass is 10.2. The minimum absolute atomic E-state index is 0.682. The Balaban J connectivity index is 1.85. The van der Waals surface area contributed by atoms with E-state index in [0.29, 0.717) is 5.92 Å². The van der Waals surface area contributed by atoms with Gasteiger partial charge in [0.25, 0.3) is 0 Å². The molecule has 1 aliphatic rings. The molecule has 2 rings (SSSR count). The molecule has 1 saturated heterocycles. The van der Waals surface area contributed by atoms with E-state index in [9.17, 15) is 0 Å². The van der Waals surface area contributed by atoms with E-state index >= 15 is 0 Å². The maximum atomic E-state index is 6.04. The number of furan rings is 1. The molecule has 20 heavy (non-hydrogen) atoms. The molecule has 0 saturated carbocycles. The average Bonchev–Trinajstić information content (AvgIpc) is 2.61. The van der Waals surface area contributed by atoms with Crippen LogP contribution in [0.3, 0.4) is 0 Å². The zero-order valence-electron chi connectivity index (χ0n) is 13.4. The first kappa shape index (κ1) is 15.6. The first-order valence-corrected chi connectivity index (χ1v) is 8.16. The fraction of sp³-hybridized carbons (Fsp3) is 0.765. The highest BCUT2D eigenvalue weighted by atomic mass is 16.3. The van der Waals surface area contributed by atoms with Gasteiger partial charge in [-0.1, -0.05) is 26.7 Å². The Kier molecular flexibility index (Phi) is 6.11. The molecule has 3 heteroatoms. The van der Waals surface area contributed by atoms with Gasteiger partial charge in [0, 0.05) is 0 Å². The first-order chi connectivity index (χ1) is 9.65. The molecule has 1 fully saturated rings. The van der Waals surface area contributed by atoms with E-state index in [-0.39, 0.29) is 0 Å². The topological polar surface area (TPSA) is 28.4 Å². The van der Waals surface area contributed by atoms with Crippen molar-refractivity contribution in [2.45, 2.75) is 59.5 Å². The highest BCUT2D eigenvalue weighted by Gasteiger charge is 2.13. The number of rotatable bonds is 6. The van der Waals surface area contributed by atoms with Gasteiger partial charge in [-0.15, -0.1) is 0 Å². The summed E-state index contributed by atoms with van der Waals surface area (Å²) in [6.45, 7) is 11.9. The summed E-state index contributed by atoms with van der Waals surface area (Å²) in [5, 5.41) is 3.46. The fourth-order valence-corrected chi connectivity index (χ4v) is 2.83. The summed E-state index contributed by atoms with van der Waals surface area (Å²) in [5.74, 6) is 2.92. The fourth-order valence-electron chi connectivity index (χ4n) is 2.83. The summed E-state index contributed by atoms with van der Waals surface area (Å²) in [4.78, 5) is 2.54. The lowest BCUT2D eigenvalue weighted by Gasteiger charge is -2.17. The zero-order chi connectivity index (χ0) is 14.4. The van der Waals surface area contributed by atoms with E-state index in [1.165, 1.54) is 44.3 Å². The summed E-state index contributed by atoms with van der Waals surface area (Å²) in [6, 6.07) is 2.22. The van der Waals surface area contributed by atoms with Crippen molar-refractivity contribution in [3.05, 3.63) is 23.2 Å². The number of likely N-dealkylation sites (tertiary alicyclic amines) is 1. The smallest absolute Gasteiger partial charge is 0.120 e. The summed E-state index contributed by atoms with van der Waals surface area (Å²) in [5.41, 5.74) is 1.28. The molecule has 1 N–H and O–H groups in total. The number of aryl methyl sites for hydroxylation is 1. The van der Waals surface area contributed by atoms with Crippen molar-refractivity contribution in [3.63, 3.8) is 0 Å². The van der Waals surface area contributed by atoms with Gasteiger partial charge in [-0.05, 0) is 56.9 Å². The van der Waals surface area contributed by atoms with Crippen LogP contribution in [0.2, 0.25) is 0 Å². The van der Waals surface area contributed by atoms with Crippen LogP contribution in [-0.4, -0.2) is 24.5 Å². The molecule has 114 valence electrons. The summed E-state index contributed by atoms with van der Waals surface area (Å²) < 4.78 is 6.04. The maximum absolute atomic E-state index is 6.04. The summed E-state index contributed by atoms with van der Waals surface area (Å²) >= 11 is 0. The second-order valence-corrected chi connectivity index (χ2v) is 6.53. The minimum atomic E-state index is 0.682. The van der Waals surface area contributed by atoms with Crippen molar-refractivity contribution in [1.82, 2.24) is 10.2 Å². The third kappa shape index (κ3) is 4.95. The van der Waals surface area contributed by atoms with E-state index in [1.807, 2.05) is 0 Å². The van der Waals surface area contributed by atoms with E-state index in [1.54, 1.807) is 0 Å². The SMILES string of the molecule is Cc1cc(CN2CCCCCC2)oc1CNCC(C)C. The molecular weight excluding hydrogens is 248 g/mol. The van der Waals surface area contributed by atoms with Gasteiger partial charge in [0.15, 0.2) is 0 Å². The van der Waals surface area contributed by atoms with E-state index in [4.69, 9.17) is 4.42 Å². The Bertz CT molecular complexity index is 390. The predicted molar refractivity (Wildman–Crippen MR) is 83.7 cm³/mol. The molecular formula is C17H30N2O. The van der Waals surface area contributed by atoms with Crippen LogP contribution in [0, 0.1) is 12.8 Å². The first-order valence-electron chi connectivity index (χ1n) is 8.16. The van der Waals surface area contributed by atoms with Crippen molar-refractivity contribution in [2.75, 3.05) is 19.6 Å². The van der Waals surface area contributed by atoms with Gasteiger partial charge >= 0.3 is 0 Å². The van der Waals surface area contributed by atoms with Crippen molar-refractivity contribution in [3.8, 4) is 0 Å². The van der Waals surface area contributed by atoms with Crippen LogP contribution >= 0.6 is 0 Å². The van der Waals surface area contributed by atoms with Crippen molar-refractivity contribution in [1.29, 1.82) is 0 Å². The molecule has 0 radical (unpaired) electrons. The van der Waals surface area contributed by atoms with Crippen LogP contribution < -0.4 is 5.32 Å². The molecule has 1 aliphatic heterocycles. The van der Waals surface area contributed by atoms with E-state index in [0.717, 1.165) is 31.2 Å². The van der Waals surface area contributed by atoms with Gasteiger partial charge < -0.3 is 9.73 Å². The van der Waals surface area contributed by atoms with Crippen molar-refractivity contribution < 1.29 is 4.42 Å². The minimum Gasteiger partial charge on any atom is -0.463 e. The number of hydrogen-bond donors (Lipinski definition) is 1. The van der Waals surface area contributed by atoms with Crippen molar-refractivity contribution >= 4 is 0 Å². The number of nitrogens with one attached hydrogen (secondary N) is 1. The van der Waals surface area contributed by atoms with Crippen LogP contribution in [-0.2, 0) is 13.1 Å². The molecule has 0 bridgehead atoms. The van der Waals surface area contributed by atoms with Crippen LogP contribution in [0.1, 0.15) is 56.6 Å². The molecule has 0 aliphatic carbocycles. The molecule has 3 nitrogen and oxygen atoms in total. The normalized spacial score (nSPS) is 17.6. The Morgan fingerprint density at radius 1 is 1.20 bits per heavy atom. The van der Waals surface area contributed by atoms with Crippen LogP contribution in [0.25, 0.3) is 0 Å². The Hall–Kier alpha value is -0.800. The second kappa shape index (κ2) is 7.84. The third-order valence-corrected chi connectivity index (χ3v) is 3.99. The van der Waals surface area contributed by atoms with Gasteiger partial charge in [0.05, 0.1) is 13.1 Å². The molecule has 0 spiro atoms. The Morgan fingerprint density at radius 3 is 2.55 bits per heavy atom. The molecule has 0 atom stereocenters. The van der Waals surface area contributed by atoms with Crippen molar-refractivity contribution in [2.24, 2.45) is 5.92 Å². The van der Waals surface area contributed by atoms with Crippen LogP contribution in [0.15, 0.2) is 10.5 Å². The molecule has 0 unspecified atom stereocenters. The zero-order valence-corrected chi connectivity index (χ0v) is 13.4. The second-order valence-electron chi connectivity index (χ2n) is 6.53. The monoisotopic (exact) mass is 278 g/mol. The quantitative estimate of drug-likeness (QED) is 0.860. The molecule has 1 aromatic rings. The third-order valence-electron chi connectivity index (χ3n) is 3.99. The van der Waals surface area contributed by atoms with Gasteiger partial charge in [-0.25, -0.2) is 0 Å². The lowest BCUT2D eigenvalue weighted by Crippen LogP contribution is -2.23. The van der Waals surface area contributed by atoms with E-state index < -0.39 is 0 Å². The van der Waals surface area contributed by atoms with E-state index in [2.05, 4.69) is 37.1 Å². The largest absolute Gasteiger partial charge is 0.463 e. The van der Waals surface area contributed by atoms with Gasteiger partial charge in [0.1, 0.15) is 11.5 Å². The standard InChI is InChI=1S/C17H30N2O/c1-14(2)11-18-12-17-15(3)10-16(20-17)13-19-8-6-4-5-7-9-19/h10,14,18H,4-9,11-13H2,1-3H3. The van der Waals surface area contributed by atoms with Gasteiger partial charge in [-0.2, -0.15) is 0 Å². The van der Waals surface area contributed by atoms with Crippen LogP contribution in [0.5, 0.6) is 0 Å². The Labute approximate surface area is 123 Å². The number of nitrogens with zero attached hydrogens (tertiary/aromatic N) is 1. The lowest BCUT2D eigenvalue weighted by molar-refractivity contribution is 0.249. The van der Waals surface area contributed by atoms with Crippen LogP contribution in [0.4, 0.5) is 0 Å². The molecule has 0 aromatic carbocycles. The van der Waals surface area contributed by atoms with Gasteiger partial charge in [0.2, 0.25) is 0 Å². The average molecular weight is 278 g/mol. The highest BCUT2D eigenvalue weighted by Crippen LogP contribution is 2.18. The highest BCUT2D eigenvalue weighted by molar-refractivity contribution is 5.20. The number of hydrogen-bond acceptors (Lipinski definition) is 3. The Morgan fingerprint density at radius 2 is 1.90 bits per heavy atom. The molecule has 2 heterocycles. The molecule has 1 aromatic heterocycles. The molecule has 0 amide bonds. The summed E-state index contributed by atoms with van der Waals surface area (Å²) in [6.07, 6.45) is 5.45. The summed E-state index contributed by atoms with van der Waals surface area (Å²) in [7, 11) is 0.